The zero-order chi connectivity index (χ0) is 21.3. The molecule has 0 spiro atoms. The molecule has 3 heterocycles. The van der Waals surface area contributed by atoms with Crippen LogP contribution in [0.5, 0.6) is 0 Å². The van der Waals surface area contributed by atoms with Crippen molar-refractivity contribution in [1.82, 2.24) is 19.5 Å². The van der Waals surface area contributed by atoms with Crippen LogP contribution in [0.25, 0.3) is 11.0 Å². The molecule has 0 saturated heterocycles. The van der Waals surface area contributed by atoms with E-state index in [4.69, 9.17) is 23.8 Å². The van der Waals surface area contributed by atoms with Crippen LogP contribution in [-0.4, -0.2) is 25.4 Å². The Morgan fingerprint density at radius 2 is 1.90 bits per heavy atom. The molecule has 0 unspecified atom stereocenters. The minimum Gasteiger partial charge on any atom is -0.318 e. The number of anilines is 1. The summed E-state index contributed by atoms with van der Waals surface area (Å²) in [7, 11) is 0. The van der Waals surface area contributed by atoms with Gasteiger partial charge in [-0.15, -0.1) is 0 Å². The van der Waals surface area contributed by atoms with Crippen molar-refractivity contribution in [2.24, 2.45) is 0 Å². The Morgan fingerprint density at radius 3 is 2.63 bits per heavy atom. The zero-order valence-electron chi connectivity index (χ0n) is 15.3. The number of nitrogens with zero attached hydrogens (tertiary/aromatic N) is 2. The third-order valence-electron chi connectivity index (χ3n) is 4.36. The molecule has 10 heteroatoms. The van der Waals surface area contributed by atoms with E-state index in [0.29, 0.717) is 16.1 Å². The van der Waals surface area contributed by atoms with Gasteiger partial charge in [0, 0.05) is 22.7 Å². The molecular formula is C20H14ClN5O3S. The molecule has 0 radical (unpaired) electrons. The van der Waals surface area contributed by atoms with E-state index in [2.05, 4.69) is 20.3 Å². The Hall–Kier alpha value is -3.56. The highest BCUT2D eigenvalue weighted by atomic mass is 35.5. The molecule has 0 saturated carbocycles. The van der Waals surface area contributed by atoms with E-state index in [1.54, 1.807) is 42.6 Å². The molecule has 150 valence electrons. The maximum atomic E-state index is 13.2. The average molecular weight is 440 g/mol. The van der Waals surface area contributed by atoms with Crippen LogP contribution in [0.4, 0.5) is 5.82 Å². The number of amides is 1. The van der Waals surface area contributed by atoms with Crippen LogP contribution in [0.3, 0.4) is 0 Å². The number of hydrogen-bond acceptors (Lipinski definition) is 5. The van der Waals surface area contributed by atoms with E-state index < -0.39 is 17.0 Å². The molecule has 4 aromatic rings. The molecule has 1 amide bonds. The number of carbonyl (C=O) groups excluding carboxylic acids is 1. The number of aromatic amines is 2. The number of halogens is 1. The van der Waals surface area contributed by atoms with Crippen molar-refractivity contribution in [2.45, 2.75) is 6.54 Å². The summed E-state index contributed by atoms with van der Waals surface area (Å²) >= 11 is 10.8. The average Bonchev–Trinajstić information content (AvgIpc) is 2.70. The first kappa shape index (κ1) is 19.7. The smallest absolute Gasteiger partial charge is 0.265 e. The number of hydrogen-bond donors (Lipinski definition) is 3. The summed E-state index contributed by atoms with van der Waals surface area (Å²) in [5.74, 6) is -0.587. The van der Waals surface area contributed by atoms with Crippen LogP contribution in [0, 0.1) is 4.77 Å². The lowest BCUT2D eigenvalue weighted by atomic mass is 10.1. The lowest BCUT2D eigenvalue weighted by molar-refractivity contribution is 0.102. The van der Waals surface area contributed by atoms with Gasteiger partial charge < -0.3 is 10.3 Å². The van der Waals surface area contributed by atoms with Crippen molar-refractivity contribution in [3.63, 3.8) is 0 Å². The Labute approximate surface area is 179 Å². The van der Waals surface area contributed by atoms with Crippen LogP contribution >= 0.6 is 23.8 Å². The van der Waals surface area contributed by atoms with E-state index >= 15 is 0 Å². The number of pyridine rings is 2. The van der Waals surface area contributed by atoms with Gasteiger partial charge in [0.2, 0.25) is 0 Å². The van der Waals surface area contributed by atoms with Gasteiger partial charge in [-0.05, 0) is 48.1 Å². The number of benzene rings is 1. The summed E-state index contributed by atoms with van der Waals surface area (Å²) in [6.45, 7) is 0.206. The zero-order valence-corrected chi connectivity index (χ0v) is 16.9. The van der Waals surface area contributed by atoms with Crippen molar-refractivity contribution >= 4 is 46.6 Å². The summed E-state index contributed by atoms with van der Waals surface area (Å²) in [6.07, 6.45) is 1.58. The highest BCUT2D eigenvalue weighted by Gasteiger charge is 2.17. The van der Waals surface area contributed by atoms with Crippen molar-refractivity contribution in [1.29, 1.82) is 0 Å². The van der Waals surface area contributed by atoms with Gasteiger partial charge in [-0.3, -0.25) is 23.9 Å². The van der Waals surface area contributed by atoms with E-state index in [0.717, 1.165) is 11.6 Å². The minimum atomic E-state index is -0.674. The van der Waals surface area contributed by atoms with E-state index in [1.165, 1.54) is 10.6 Å². The fourth-order valence-corrected chi connectivity index (χ4v) is 3.35. The first-order valence-electron chi connectivity index (χ1n) is 8.79. The van der Waals surface area contributed by atoms with E-state index in [-0.39, 0.29) is 22.7 Å². The molecule has 8 nitrogen and oxygen atoms in total. The topological polar surface area (TPSA) is 113 Å². The van der Waals surface area contributed by atoms with E-state index in [9.17, 15) is 14.4 Å². The van der Waals surface area contributed by atoms with Gasteiger partial charge in [0.15, 0.2) is 4.77 Å². The summed E-state index contributed by atoms with van der Waals surface area (Å²) in [6, 6.07) is 13.1. The highest BCUT2D eigenvalue weighted by molar-refractivity contribution is 7.71. The van der Waals surface area contributed by atoms with Gasteiger partial charge in [-0.25, -0.2) is 4.98 Å². The maximum absolute atomic E-state index is 13.2. The standard InChI is InChI=1S/C20H14ClN5O3S/c21-13-5-3-11(4-6-13)10-26-17-12(2-1-7-22-17)8-14(19(26)29)18(28)23-15-9-16(27)25-20(30)24-15/h1-9H,10H2,(H3,23,24,25,27,28,30). The van der Waals surface area contributed by atoms with Gasteiger partial charge in [-0.2, -0.15) is 0 Å². The predicted octanol–water partition coefficient (Wildman–Crippen LogP) is 3.10. The Morgan fingerprint density at radius 1 is 1.13 bits per heavy atom. The molecule has 0 aliphatic carbocycles. The number of H-pyrrole nitrogens is 2. The monoisotopic (exact) mass is 439 g/mol. The number of nitrogens with one attached hydrogen (secondary N) is 3. The second-order valence-corrected chi connectivity index (χ2v) is 7.29. The summed E-state index contributed by atoms with van der Waals surface area (Å²) in [5, 5.41) is 3.71. The Bertz CT molecular complexity index is 1410. The minimum absolute atomic E-state index is 0.0562. The number of fused-ring (bicyclic) bond motifs is 1. The van der Waals surface area contributed by atoms with Gasteiger partial charge in [-0.1, -0.05) is 23.7 Å². The normalized spacial score (nSPS) is 10.8. The van der Waals surface area contributed by atoms with Crippen molar-refractivity contribution < 1.29 is 4.79 Å². The third-order valence-corrected chi connectivity index (χ3v) is 4.81. The van der Waals surface area contributed by atoms with Gasteiger partial charge in [0.25, 0.3) is 17.0 Å². The lowest BCUT2D eigenvalue weighted by Crippen LogP contribution is -2.30. The van der Waals surface area contributed by atoms with Crippen LogP contribution < -0.4 is 16.4 Å². The predicted molar refractivity (Wildman–Crippen MR) is 117 cm³/mol. The fraction of sp³-hybridized carbons (Fsp3) is 0.0500. The molecule has 0 fully saturated rings. The molecular weight excluding hydrogens is 426 g/mol. The molecule has 3 N–H and O–H groups in total. The van der Waals surface area contributed by atoms with Gasteiger partial charge >= 0.3 is 0 Å². The fourth-order valence-electron chi connectivity index (χ4n) is 3.01. The Balaban J connectivity index is 1.80. The highest BCUT2D eigenvalue weighted by Crippen LogP contribution is 2.15. The number of aromatic nitrogens is 4. The summed E-state index contributed by atoms with van der Waals surface area (Å²) in [4.78, 5) is 46.9. The summed E-state index contributed by atoms with van der Waals surface area (Å²) in [5.41, 5.74) is 0.187. The van der Waals surface area contributed by atoms with Crippen LogP contribution in [0.2, 0.25) is 5.02 Å². The molecule has 1 aromatic carbocycles. The SMILES string of the molecule is O=C(Nc1cc(=O)[nH]c(=S)[nH]1)c1cc2cccnc2n(Cc2ccc(Cl)cc2)c1=O. The van der Waals surface area contributed by atoms with Crippen LogP contribution in [0.1, 0.15) is 15.9 Å². The molecule has 0 bridgehead atoms. The van der Waals surface area contributed by atoms with E-state index in [1.807, 2.05) is 0 Å². The number of carbonyl (C=O) groups is 1. The lowest BCUT2D eigenvalue weighted by Gasteiger charge is -2.12. The largest absolute Gasteiger partial charge is 0.318 e. The van der Waals surface area contributed by atoms with Crippen molar-refractivity contribution in [3.05, 3.63) is 96.4 Å². The van der Waals surface area contributed by atoms with Crippen LogP contribution in [0.15, 0.2) is 64.3 Å². The van der Waals surface area contributed by atoms with Gasteiger partial charge in [0.05, 0.1) is 6.54 Å². The van der Waals surface area contributed by atoms with Crippen LogP contribution in [-0.2, 0) is 6.54 Å². The quantitative estimate of drug-likeness (QED) is 0.423. The summed E-state index contributed by atoms with van der Waals surface area (Å²) < 4.78 is 1.48. The number of rotatable bonds is 4. The second kappa shape index (κ2) is 8.05. The molecule has 0 aliphatic rings. The molecule has 4 rings (SSSR count). The maximum Gasteiger partial charge on any atom is 0.265 e. The first-order valence-corrected chi connectivity index (χ1v) is 9.57. The first-order chi connectivity index (χ1) is 14.4. The van der Waals surface area contributed by atoms with Gasteiger partial charge in [0.1, 0.15) is 17.0 Å². The van der Waals surface area contributed by atoms with Crippen molar-refractivity contribution in [3.8, 4) is 0 Å². The van der Waals surface area contributed by atoms with Crippen molar-refractivity contribution in [2.75, 3.05) is 5.32 Å². The molecule has 3 aromatic heterocycles. The Kier molecular flexibility index (Phi) is 5.30. The third kappa shape index (κ3) is 4.07. The second-order valence-electron chi connectivity index (χ2n) is 6.45. The molecule has 0 aliphatic heterocycles. The molecule has 0 atom stereocenters. The molecule has 30 heavy (non-hydrogen) atoms.